The number of aromatic amines is 2. The largest absolute Gasteiger partial charge is 0.351 e. The molecule has 0 fully saturated rings. The number of urea groups is 1. The first-order chi connectivity index (χ1) is 10.6. The van der Waals surface area contributed by atoms with Crippen LogP contribution in [0.5, 0.6) is 0 Å². The van der Waals surface area contributed by atoms with Crippen LogP contribution in [0.25, 0.3) is 11.2 Å². The number of H-pyrrole nitrogens is 2. The molecule has 0 aliphatic rings. The Bertz CT molecular complexity index is 860. The summed E-state index contributed by atoms with van der Waals surface area (Å²) in [6, 6.07) is 8.96. The third-order valence-electron chi connectivity index (χ3n) is 3.27. The lowest BCUT2D eigenvalue weighted by atomic mass is 10.1. The number of aromatic nitrogens is 4. The number of rotatable bonds is 4. The zero-order chi connectivity index (χ0) is 15.5. The first-order valence-electron chi connectivity index (χ1n) is 6.69. The topological polar surface area (TPSA) is 121 Å². The molecule has 23 heavy (non-hydrogen) atoms. The fourth-order valence-corrected chi connectivity index (χ4v) is 2.17. The zero-order valence-corrected chi connectivity index (χ0v) is 12.8. The Morgan fingerprint density at radius 3 is 2.70 bits per heavy atom. The highest BCUT2D eigenvalue weighted by Crippen LogP contribution is 2.10. The van der Waals surface area contributed by atoms with Crippen LogP contribution in [0.4, 0.5) is 10.7 Å². The fraction of sp³-hybridized carbons (Fsp3) is 0.143. The molecule has 4 N–H and O–H groups in total. The van der Waals surface area contributed by atoms with Gasteiger partial charge in [0.25, 0.3) is 5.56 Å². The molecule has 0 unspecified atom stereocenters. The number of nitrogens with one attached hydrogen (secondary N) is 2. The van der Waals surface area contributed by atoms with Crippen molar-refractivity contribution in [3.05, 3.63) is 52.6 Å². The molecule has 0 saturated carbocycles. The summed E-state index contributed by atoms with van der Waals surface area (Å²) in [6.07, 6.45) is 1.96. The van der Waals surface area contributed by atoms with E-state index in [2.05, 4.69) is 19.9 Å². The van der Waals surface area contributed by atoms with Gasteiger partial charge in [-0.1, -0.05) is 30.3 Å². The lowest BCUT2D eigenvalue weighted by Crippen LogP contribution is -2.39. The van der Waals surface area contributed by atoms with E-state index in [1.807, 2.05) is 30.3 Å². The van der Waals surface area contributed by atoms with Gasteiger partial charge in [-0.2, -0.15) is 4.98 Å². The summed E-state index contributed by atoms with van der Waals surface area (Å²) in [5, 5.41) is 0. The van der Waals surface area contributed by atoms with E-state index < -0.39 is 11.6 Å². The Labute approximate surface area is 137 Å². The number of hydrogen-bond acceptors (Lipinski definition) is 4. The van der Waals surface area contributed by atoms with Gasteiger partial charge in [0.2, 0.25) is 5.95 Å². The van der Waals surface area contributed by atoms with E-state index in [1.54, 1.807) is 0 Å². The van der Waals surface area contributed by atoms with Gasteiger partial charge < -0.3 is 10.7 Å². The standard InChI is InChI=1S/C14H14N6O2.ClH/c15-13(22)20(7-6-9-4-2-1-3-5-9)14-18-11-10(12(21)19-14)16-8-17-11;/h1-5,8H,6-7H2,(H2,15,22)(H2,16,17,18,19,21);1H. The quantitative estimate of drug-likeness (QED) is 0.663. The molecule has 1 aromatic carbocycles. The predicted octanol–water partition coefficient (Wildman–Crippen LogP) is 1.20. The van der Waals surface area contributed by atoms with Crippen LogP contribution >= 0.6 is 12.4 Å². The second-order valence-electron chi connectivity index (χ2n) is 4.72. The zero-order valence-electron chi connectivity index (χ0n) is 12.0. The van der Waals surface area contributed by atoms with Crippen LogP contribution in [0.3, 0.4) is 0 Å². The Morgan fingerprint density at radius 1 is 1.26 bits per heavy atom. The van der Waals surface area contributed by atoms with Crippen molar-refractivity contribution in [2.45, 2.75) is 6.42 Å². The number of anilines is 1. The predicted molar refractivity (Wildman–Crippen MR) is 88.8 cm³/mol. The number of imidazole rings is 1. The first kappa shape index (κ1) is 16.5. The maximum absolute atomic E-state index is 11.9. The van der Waals surface area contributed by atoms with Crippen molar-refractivity contribution in [2.24, 2.45) is 5.73 Å². The fourth-order valence-electron chi connectivity index (χ4n) is 2.17. The van der Waals surface area contributed by atoms with Crippen LogP contribution in [0, 0.1) is 0 Å². The molecule has 3 rings (SSSR count). The van der Waals surface area contributed by atoms with E-state index in [9.17, 15) is 9.59 Å². The molecule has 0 atom stereocenters. The minimum Gasteiger partial charge on any atom is -0.351 e. The maximum atomic E-state index is 11.9. The first-order valence-corrected chi connectivity index (χ1v) is 6.69. The molecule has 2 heterocycles. The molecule has 0 radical (unpaired) electrons. The van der Waals surface area contributed by atoms with Gasteiger partial charge in [0.1, 0.15) is 0 Å². The highest BCUT2D eigenvalue weighted by molar-refractivity contribution is 5.89. The number of fused-ring (bicyclic) bond motifs is 1. The minimum atomic E-state index is -0.686. The molecule has 0 aliphatic heterocycles. The molecule has 0 aliphatic carbocycles. The summed E-state index contributed by atoms with van der Waals surface area (Å²) in [4.78, 5) is 38.1. The summed E-state index contributed by atoms with van der Waals surface area (Å²) >= 11 is 0. The average molecular weight is 335 g/mol. The summed E-state index contributed by atoms with van der Waals surface area (Å²) < 4.78 is 0. The second-order valence-corrected chi connectivity index (χ2v) is 4.72. The number of benzene rings is 1. The SMILES string of the molecule is Cl.NC(=O)N(CCc1ccccc1)c1nc2nc[nH]c2c(=O)[nH]1. The Balaban J connectivity index is 0.00000192. The lowest BCUT2D eigenvalue weighted by Gasteiger charge is -2.18. The molecule has 120 valence electrons. The van der Waals surface area contributed by atoms with E-state index in [-0.39, 0.29) is 29.5 Å². The number of primary amides is 1. The van der Waals surface area contributed by atoms with Crippen molar-refractivity contribution >= 4 is 35.6 Å². The van der Waals surface area contributed by atoms with Crippen molar-refractivity contribution < 1.29 is 4.79 Å². The normalized spacial score (nSPS) is 10.3. The van der Waals surface area contributed by atoms with Crippen molar-refractivity contribution in [1.82, 2.24) is 19.9 Å². The van der Waals surface area contributed by atoms with Crippen molar-refractivity contribution in [3.63, 3.8) is 0 Å². The van der Waals surface area contributed by atoms with Crippen LogP contribution in [0.15, 0.2) is 41.5 Å². The molecule has 0 bridgehead atoms. The third kappa shape index (κ3) is 3.49. The number of carbonyl (C=O) groups excluding carboxylic acids is 1. The monoisotopic (exact) mass is 334 g/mol. The summed E-state index contributed by atoms with van der Waals surface area (Å²) in [7, 11) is 0. The summed E-state index contributed by atoms with van der Waals surface area (Å²) in [5.41, 5.74) is 6.55. The van der Waals surface area contributed by atoms with E-state index in [1.165, 1.54) is 11.2 Å². The number of carbonyl (C=O) groups is 1. The van der Waals surface area contributed by atoms with Crippen molar-refractivity contribution in [2.75, 3.05) is 11.4 Å². The van der Waals surface area contributed by atoms with Gasteiger partial charge in [0.05, 0.1) is 6.33 Å². The number of nitrogens with two attached hydrogens (primary N) is 1. The molecule has 9 heteroatoms. The molecule has 2 aromatic heterocycles. The number of hydrogen-bond donors (Lipinski definition) is 3. The molecular weight excluding hydrogens is 320 g/mol. The molecule has 8 nitrogen and oxygen atoms in total. The van der Waals surface area contributed by atoms with Gasteiger partial charge >= 0.3 is 6.03 Å². The lowest BCUT2D eigenvalue weighted by molar-refractivity contribution is 0.253. The summed E-state index contributed by atoms with van der Waals surface area (Å²) in [5.74, 6) is 0.0908. The smallest absolute Gasteiger partial charge is 0.321 e. The number of nitrogens with zero attached hydrogens (tertiary/aromatic N) is 3. The third-order valence-corrected chi connectivity index (χ3v) is 3.27. The van der Waals surface area contributed by atoms with Gasteiger partial charge in [-0.05, 0) is 12.0 Å². The Kier molecular flexibility index (Phi) is 4.97. The minimum absolute atomic E-state index is 0. The average Bonchev–Trinajstić information content (AvgIpc) is 2.97. The highest BCUT2D eigenvalue weighted by Gasteiger charge is 2.17. The van der Waals surface area contributed by atoms with Crippen LogP contribution in [0.2, 0.25) is 0 Å². The molecule has 0 saturated heterocycles. The molecule has 3 aromatic rings. The van der Waals surface area contributed by atoms with E-state index in [0.29, 0.717) is 13.0 Å². The van der Waals surface area contributed by atoms with Crippen molar-refractivity contribution in [1.29, 1.82) is 0 Å². The van der Waals surface area contributed by atoms with E-state index >= 15 is 0 Å². The maximum Gasteiger partial charge on any atom is 0.321 e. The Hall–Kier alpha value is -2.87. The molecular formula is C14H15ClN6O2. The van der Waals surface area contributed by atoms with Crippen LogP contribution in [0.1, 0.15) is 5.56 Å². The van der Waals surface area contributed by atoms with Gasteiger partial charge in [-0.3, -0.25) is 14.7 Å². The van der Waals surface area contributed by atoms with Gasteiger partial charge in [-0.15, -0.1) is 12.4 Å². The van der Waals surface area contributed by atoms with Gasteiger partial charge in [0, 0.05) is 6.54 Å². The van der Waals surface area contributed by atoms with Crippen LogP contribution in [-0.2, 0) is 6.42 Å². The van der Waals surface area contributed by atoms with Crippen LogP contribution in [-0.4, -0.2) is 32.5 Å². The highest BCUT2D eigenvalue weighted by atomic mass is 35.5. The van der Waals surface area contributed by atoms with Gasteiger partial charge in [-0.25, -0.2) is 9.78 Å². The number of halogens is 1. The Morgan fingerprint density at radius 2 is 2.00 bits per heavy atom. The van der Waals surface area contributed by atoms with Crippen LogP contribution < -0.4 is 16.2 Å². The number of amides is 2. The summed E-state index contributed by atoms with van der Waals surface area (Å²) in [6.45, 7) is 0.304. The van der Waals surface area contributed by atoms with E-state index in [0.717, 1.165) is 5.56 Å². The second kappa shape index (κ2) is 6.93. The van der Waals surface area contributed by atoms with Crippen molar-refractivity contribution in [3.8, 4) is 0 Å². The molecule has 0 spiro atoms. The van der Waals surface area contributed by atoms with Gasteiger partial charge in [0.15, 0.2) is 11.2 Å². The van der Waals surface area contributed by atoms with E-state index in [4.69, 9.17) is 5.73 Å². The molecule has 2 amide bonds.